The number of allylic oxidation sites excluding steroid dienone is 8. The average molecular weight is 922 g/mol. The fourth-order valence-corrected chi connectivity index (χ4v) is 7.23. The summed E-state index contributed by atoms with van der Waals surface area (Å²) in [7, 11) is 1.05. The first-order chi connectivity index (χ1) is 30.8. The predicted octanol–water partition coefficient (Wildman–Crippen LogP) is 11.9. The molecule has 0 saturated heterocycles. The van der Waals surface area contributed by atoms with Gasteiger partial charge in [-0.2, -0.15) is 0 Å². The van der Waals surface area contributed by atoms with Crippen LogP contribution >= 0.6 is 7.82 Å². The van der Waals surface area contributed by atoms with E-state index in [-0.39, 0.29) is 26.1 Å². The van der Waals surface area contributed by atoms with Crippen LogP contribution < -0.4 is 4.89 Å². The highest BCUT2D eigenvalue weighted by Crippen LogP contribution is 2.38. The van der Waals surface area contributed by atoms with E-state index in [2.05, 4.69) is 6.92 Å². The third kappa shape index (κ3) is 45.9. The van der Waals surface area contributed by atoms with E-state index in [1.807, 2.05) is 64.5 Å². The summed E-state index contributed by atoms with van der Waals surface area (Å²) >= 11 is 0. The van der Waals surface area contributed by atoms with Gasteiger partial charge in [-0.25, -0.2) is 0 Å². The molecular weight excluding hydrogens is 830 g/mol. The van der Waals surface area contributed by atoms with Crippen LogP contribution in [0.15, 0.2) is 72.9 Å². The van der Waals surface area contributed by atoms with Crippen LogP contribution in [0.4, 0.5) is 0 Å². The zero-order valence-electron chi connectivity index (χ0n) is 40.9. The number of rotatable bonds is 44. The van der Waals surface area contributed by atoms with Gasteiger partial charge in [0.15, 0.2) is 6.10 Å². The van der Waals surface area contributed by atoms with E-state index < -0.39 is 44.7 Å². The zero-order valence-corrected chi connectivity index (χ0v) is 41.8. The minimum atomic E-state index is -4.68. The predicted molar refractivity (Wildman–Crippen MR) is 261 cm³/mol. The number of hydrogen-bond acceptors (Lipinski definition) is 10. The molecule has 0 aliphatic rings. The summed E-state index contributed by atoms with van der Waals surface area (Å²) in [6, 6.07) is 0. The molecule has 12 heteroatoms. The van der Waals surface area contributed by atoms with E-state index in [0.717, 1.165) is 25.7 Å². The minimum Gasteiger partial charge on any atom is -0.756 e. The minimum absolute atomic E-state index is 0.0418. The molecule has 11 nitrogen and oxygen atoms in total. The molecule has 0 aromatic heterocycles. The average Bonchev–Trinajstić information content (AvgIpc) is 3.24. The van der Waals surface area contributed by atoms with Crippen LogP contribution in [0, 0.1) is 0 Å². The van der Waals surface area contributed by atoms with E-state index in [0.29, 0.717) is 43.1 Å². The molecule has 0 aromatic rings. The van der Waals surface area contributed by atoms with Gasteiger partial charge in [0.1, 0.15) is 19.8 Å². The normalized spacial score (nSPS) is 15.1. The van der Waals surface area contributed by atoms with Gasteiger partial charge in [-0.05, 0) is 38.5 Å². The maximum Gasteiger partial charge on any atom is 0.306 e. The van der Waals surface area contributed by atoms with Crippen molar-refractivity contribution in [2.75, 3.05) is 47.5 Å². The second-order valence-electron chi connectivity index (χ2n) is 17.9. The Bertz CT molecular complexity index is 1350. The van der Waals surface area contributed by atoms with Crippen molar-refractivity contribution >= 4 is 19.8 Å². The number of aliphatic hydroxyl groups excluding tert-OH is 2. The van der Waals surface area contributed by atoms with Crippen molar-refractivity contribution < 1.29 is 52.3 Å². The highest BCUT2D eigenvalue weighted by atomic mass is 31.2. The summed E-state index contributed by atoms with van der Waals surface area (Å²) in [4.78, 5) is 37.7. The van der Waals surface area contributed by atoms with Crippen LogP contribution in [0.2, 0.25) is 0 Å². The molecule has 1 unspecified atom stereocenters. The third-order valence-electron chi connectivity index (χ3n) is 10.4. The molecule has 0 aliphatic heterocycles. The van der Waals surface area contributed by atoms with Crippen molar-refractivity contribution in [2.24, 2.45) is 0 Å². The van der Waals surface area contributed by atoms with Gasteiger partial charge in [-0.1, -0.05) is 202 Å². The van der Waals surface area contributed by atoms with Gasteiger partial charge in [0.2, 0.25) is 0 Å². The van der Waals surface area contributed by atoms with E-state index in [4.69, 9.17) is 18.5 Å². The van der Waals surface area contributed by atoms with Crippen LogP contribution in [0.25, 0.3) is 0 Å². The molecule has 2 N–H and O–H groups in total. The lowest BCUT2D eigenvalue weighted by atomic mass is 10.0. The molecule has 0 aromatic carbocycles. The van der Waals surface area contributed by atoms with E-state index >= 15 is 0 Å². The Hall–Kier alpha value is -2.63. The van der Waals surface area contributed by atoms with E-state index in [9.17, 15) is 29.3 Å². The first kappa shape index (κ1) is 61.4. The number of carbonyl (C=O) groups excluding carboxylic acids is 2. The number of aliphatic hydroxyl groups is 2. The molecular formula is C52H92NO10P. The Labute approximate surface area is 390 Å². The summed E-state index contributed by atoms with van der Waals surface area (Å²) in [5, 5.41) is 20.0. The molecule has 0 amide bonds. The maximum atomic E-state index is 12.7. The van der Waals surface area contributed by atoms with Crippen molar-refractivity contribution in [1.82, 2.24) is 0 Å². The topological polar surface area (TPSA) is 152 Å². The van der Waals surface area contributed by atoms with Crippen LogP contribution in [-0.2, 0) is 32.7 Å². The van der Waals surface area contributed by atoms with Crippen molar-refractivity contribution in [2.45, 2.75) is 199 Å². The molecule has 0 aliphatic carbocycles. The monoisotopic (exact) mass is 922 g/mol. The number of likely N-dealkylation sites (N-methyl/N-ethyl adjacent to an activating group) is 1. The highest BCUT2D eigenvalue weighted by Gasteiger charge is 2.21. The van der Waals surface area contributed by atoms with Crippen LogP contribution in [-0.4, -0.2) is 92.5 Å². The number of phosphoric acid groups is 1. The molecule has 370 valence electrons. The van der Waals surface area contributed by atoms with Crippen LogP contribution in [0.1, 0.15) is 181 Å². The third-order valence-corrected chi connectivity index (χ3v) is 11.4. The lowest BCUT2D eigenvalue weighted by molar-refractivity contribution is -0.870. The lowest BCUT2D eigenvalue weighted by Crippen LogP contribution is -2.37. The standard InChI is InChI=1S/C52H92NO10P/c1-6-8-10-11-12-13-14-15-16-17-18-19-20-21-22-23-24-28-36-42-51(56)60-46-50(47-62-64(58,59)61-45-44-53(3,4)5)63-52(57)43-37-29-26-25-27-33-39-49(55)41-35-31-30-34-40-48(54)38-32-9-7-2/h9,26-27,29-35,40-41,48-50,54-55H,6-8,10-25,28,36-39,42-47H2,1-5H3/b29-26-,31-30-,32-9-,33-27-,40-34+,41-35+/t48-,49+,50+/m0/s1. The van der Waals surface area contributed by atoms with Gasteiger partial charge >= 0.3 is 11.9 Å². The van der Waals surface area contributed by atoms with Gasteiger partial charge in [0.05, 0.1) is 40.0 Å². The number of hydrogen-bond donors (Lipinski definition) is 2. The van der Waals surface area contributed by atoms with Crippen molar-refractivity contribution in [3.63, 3.8) is 0 Å². The Morgan fingerprint density at radius 3 is 1.58 bits per heavy atom. The molecule has 0 bridgehead atoms. The number of ether oxygens (including phenoxy) is 2. The number of phosphoric ester groups is 1. The number of quaternary nitrogens is 1. The van der Waals surface area contributed by atoms with Crippen LogP contribution in [0.3, 0.4) is 0 Å². The second-order valence-corrected chi connectivity index (χ2v) is 19.3. The number of nitrogens with zero attached hydrogens (tertiary/aromatic N) is 1. The molecule has 0 spiro atoms. The number of unbranched alkanes of at least 4 members (excludes halogenated alkanes) is 18. The quantitative estimate of drug-likeness (QED) is 0.0151. The molecule has 4 atom stereocenters. The van der Waals surface area contributed by atoms with Crippen molar-refractivity contribution in [3.05, 3.63) is 72.9 Å². The number of carbonyl (C=O) groups is 2. The fraction of sp³-hybridized carbons (Fsp3) is 0.731. The van der Waals surface area contributed by atoms with Gasteiger partial charge in [-0.3, -0.25) is 14.2 Å². The van der Waals surface area contributed by atoms with Crippen LogP contribution in [0.5, 0.6) is 0 Å². The molecule has 0 saturated carbocycles. The first-order valence-corrected chi connectivity index (χ1v) is 26.3. The van der Waals surface area contributed by atoms with Gasteiger partial charge < -0.3 is 38.1 Å². The Morgan fingerprint density at radius 2 is 1.08 bits per heavy atom. The van der Waals surface area contributed by atoms with Gasteiger partial charge in [0, 0.05) is 12.8 Å². The molecule has 0 heterocycles. The summed E-state index contributed by atoms with van der Waals surface area (Å²) in [6.07, 6.45) is 47.2. The summed E-state index contributed by atoms with van der Waals surface area (Å²) in [5.74, 6) is -1.00. The fourth-order valence-electron chi connectivity index (χ4n) is 6.50. The molecule has 0 fully saturated rings. The van der Waals surface area contributed by atoms with Crippen molar-refractivity contribution in [1.29, 1.82) is 0 Å². The Morgan fingerprint density at radius 1 is 0.594 bits per heavy atom. The summed E-state index contributed by atoms with van der Waals surface area (Å²) < 4.78 is 33.8. The van der Waals surface area contributed by atoms with E-state index in [1.54, 1.807) is 36.5 Å². The Kier molecular flexibility index (Phi) is 41.2. The lowest BCUT2D eigenvalue weighted by Gasteiger charge is -2.28. The largest absolute Gasteiger partial charge is 0.756 e. The van der Waals surface area contributed by atoms with Gasteiger partial charge in [-0.15, -0.1) is 0 Å². The summed E-state index contributed by atoms with van der Waals surface area (Å²) in [5.41, 5.74) is 0. The first-order valence-electron chi connectivity index (χ1n) is 24.9. The van der Waals surface area contributed by atoms with Gasteiger partial charge in [0.25, 0.3) is 7.82 Å². The maximum absolute atomic E-state index is 12.7. The highest BCUT2D eigenvalue weighted by molar-refractivity contribution is 7.45. The Balaban J connectivity index is 4.49. The second kappa shape index (κ2) is 43.0. The number of esters is 2. The smallest absolute Gasteiger partial charge is 0.306 e. The molecule has 64 heavy (non-hydrogen) atoms. The summed E-state index contributed by atoms with van der Waals surface area (Å²) in [6.45, 7) is 3.84. The molecule has 0 rings (SSSR count). The SMILES string of the molecule is CC/C=C\C[C@H](O)/C=C/C=C\C=C\[C@H](O)C/C=C\C/C=C\CCC(=O)O[C@H](COC(=O)CCCCCCCCCCCCCCCCCCCCC)COP(=O)([O-])OCC[N+](C)(C)C. The zero-order chi connectivity index (χ0) is 47.4. The van der Waals surface area contributed by atoms with Crippen molar-refractivity contribution in [3.8, 4) is 0 Å². The van der Waals surface area contributed by atoms with E-state index in [1.165, 1.54) is 96.3 Å². The molecule has 0 radical (unpaired) electrons.